The molecule has 2 aromatic heterocycles. The van der Waals surface area contributed by atoms with Crippen LogP contribution in [0.2, 0.25) is 0 Å². The van der Waals surface area contributed by atoms with Crippen LogP contribution in [0.4, 0.5) is 11.8 Å². The Balaban J connectivity index is 1.81. The van der Waals surface area contributed by atoms with E-state index in [0.717, 1.165) is 19.3 Å². The molecule has 0 radical (unpaired) electrons. The van der Waals surface area contributed by atoms with E-state index in [9.17, 15) is 15.3 Å². The maximum atomic E-state index is 10.2. The fraction of sp³-hybridized carbons (Fsp3) is 0.667. The van der Waals surface area contributed by atoms with Crippen molar-refractivity contribution in [2.24, 2.45) is 0 Å². The first-order chi connectivity index (χ1) is 12.6. The number of nitrogen functional groups attached to an aromatic ring is 1. The molecule has 0 spiro atoms. The molecule has 2 aromatic rings. The van der Waals surface area contributed by atoms with Gasteiger partial charge in [0, 0.05) is 13.2 Å². The van der Waals surface area contributed by atoms with E-state index < -0.39 is 31.1 Å². The molecule has 0 amide bonds. The van der Waals surface area contributed by atoms with Gasteiger partial charge < -0.3 is 36.2 Å². The van der Waals surface area contributed by atoms with Gasteiger partial charge in [0.1, 0.15) is 23.8 Å². The molecule has 4 atom stereocenters. The van der Waals surface area contributed by atoms with Crippen molar-refractivity contribution in [1.82, 2.24) is 19.5 Å². The maximum Gasteiger partial charge on any atom is 0.226 e. The van der Waals surface area contributed by atoms with Crippen molar-refractivity contribution >= 4 is 22.9 Å². The highest BCUT2D eigenvalue weighted by atomic mass is 16.6. The quantitative estimate of drug-likeness (QED) is 0.304. The number of rotatable bonds is 8. The summed E-state index contributed by atoms with van der Waals surface area (Å²) in [5.74, 6) is 0.492. The van der Waals surface area contributed by atoms with Gasteiger partial charge in [-0.2, -0.15) is 9.97 Å². The highest BCUT2D eigenvalue weighted by molar-refractivity contribution is 5.82. The summed E-state index contributed by atoms with van der Waals surface area (Å²) < 4.78 is 6.99. The van der Waals surface area contributed by atoms with E-state index in [1.807, 2.05) is 0 Å². The molecule has 11 heteroatoms. The SMILES string of the molecule is Nc1nc(NCCCCCO)nc2c1ncn2[C@@H]1O[C@H](CO)[C@@H](O)[C@H]1O. The molecule has 1 aliphatic heterocycles. The van der Waals surface area contributed by atoms with Crippen molar-refractivity contribution in [2.45, 2.75) is 43.8 Å². The summed E-state index contributed by atoms with van der Waals surface area (Å²) >= 11 is 0. The van der Waals surface area contributed by atoms with Crippen LogP contribution in [0, 0.1) is 0 Å². The molecule has 1 fully saturated rings. The highest BCUT2D eigenvalue weighted by Crippen LogP contribution is 2.32. The number of nitrogens with one attached hydrogen (secondary N) is 1. The van der Waals surface area contributed by atoms with Gasteiger partial charge >= 0.3 is 0 Å². The van der Waals surface area contributed by atoms with E-state index in [1.165, 1.54) is 10.9 Å². The minimum absolute atomic E-state index is 0.166. The molecule has 1 aliphatic rings. The summed E-state index contributed by atoms with van der Waals surface area (Å²) in [6.45, 7) is 0.366. The number of ether oxygens (including phenoxy) is 1. The molecular formula is C15H24N6O5. The number of imidazole rings is 1. The van der Waals surface area contributed by atoms with Crippen LogP contribution >= 0.6 is 0 Å². The summed E-state index contributed by atoms with van der Waals surface area (Å²) in [5, 5.41) is 41.2. The van der Waals surface area contributed by atoms with Crippen LogP contribution in [-0.4, -0.2) is 78.0 Å². The van der Waals surface area contributed by atoms with Crippen LogP contribution in [0.15, 0.2) is 6.33 Å². The van der Waals surface area contributed by atoms with E-state index in [-0.39, 0.29) is 12.4 Å². The largest absolute Gasteiger partial charge is 0.396 e. The predicted octanol–water partition coefficient (Wildman–Crippen LogP) is -1.41. The molecular weight excluding hydrogens is 344 g/mol. The lowest BCUT2D eigenvalue weighted by Gasteiger charge is -2.16. The maximum absolute atomic E-state index is 10.2. The predicted molar refractivity (Wildman–Crippen MR) is 92.2 cm³/mol. The summed E-state index contributed by atoms with van der Waals surface area (Å²) in [4.78, 5) is 12.7. The molecule has 144 valence electrons. The van der Waals surface area contributed by atoms with Crippen LogP contribution in [0.5, 0.6) is 0 Å². The van der Waals surface area contributed by atoms with Gasteiger partial charge in [-0.3, -0.25) is 4.57 Å². The van der Waals surface area contributed by atoms with Crippen LogP contribution in [0.3, 0.4) is 0 Å². The second-order valence-electron chi connectivity index (χ2n) is 6.20. The lowest BCUT2D eigenvalue weighted by molar-refractivity contribution is -0.0511. The molecule has 3 rings (SSSR count). The monoisotopic (exact) mass is 368 g/mol. The number of aliphatic hydroxyl groups excluding tert-OH is 4. The lowest BCUT2D eigenvalue weighted by atomic mass is 10.1. The fourth-order valence-electron chi connectivity index (χ4n) is 2.93. The molecule has 0 unspecified atom stereocenters. The van der Waals surface area contributed by atoms with Gasteiger partial charge in [0.25, 0.3) is 0 Å². The summed E-state index contributed by atoms with van der Waals surface area (Å²) in [7, 11) is 0. The van der Waals surface area contributed by atoms with E-state index in [1.54, 1.807) is 0 Å². The van der Waals surface area contributed by atoms with Crippen molar-refractivity contribution in [2.75, 3.05) is 30.8 Å². The number of fused-ring (bicyclic) bond motifs is 1. The Hall–Kier alpha value is -2.05. The van der Waals surface area contributed by atoms with Gasteiger partial charge in [-0.1, -0.05) is 0 Å². The zero-order valence-electron chi connectivity index (χ0n) is 14.2. The van der Waals surface area contributed by atoms with Crippen molar-refractivity contribution in [3.05, 3.63) is 6.33 Å². The van der Waals surface area contributed by atoms with Crippen LogP contribution in [0.25, 0.3) is 11.2 Å². The molecule has 0 bridgehead atoms. The third kappa shape index (κ3) is 3.57. The molecule has 0 aromatic carbocycles. The van der Waals surface area contributed by atoms with Gasteiger partial charge in [0.15, 0.2) is 17.7 Å². The Morgan fingerprint density at radius 1 is 1.15 bits per heavy atom. The normalized spacial score (nSPS) is 25.8. The number of nitrogens with zero attached hydrogens (tertiary/aromatic N) is 4. The number of aliphatic hydroxyl groups is 4. The van der Waals surface area contributed by atoms with Crippen molar-refractivity contribution in [3.8, 4) is 0 Å². The van der Waals surface area contributed by atoms with Crippen LogP contribution in [0.1, 0.15) is 25.5 Å². The van der Waals surface area contributed by atoms with Crippen molar-refractivity contribution in [1.29, 1.82) is 0 Å². The summed E-state index contributed by atoms with van der Waals surface area (Å²) in [6, 6.07) is 0. The summed E-state index contributed by atoms with van der Waals surface area (Å²) in [6.07, 6.45) is -0.434. The molecule has 3 heterocycles. The molecule has 1 saturated heterocycles. The standard InChI is InChI=1S/C15H24N6O5/c16-12-9-13(20-15(19-12)17-4-2-1-3-5-22)21(7-18-9)14-11(25)10(24)8(6-23)26-14/h7-8,10-11,14,22-25H,1-6H2,(H3,16,17,19,20)/t8-,10-,11-,14-/m1/s1. The Labute approximate surface area is 149 Å². The van der Waals surface area contributed by atoms with Gasteiger partial charge in [0.2, 0.25) is 5.95 Å². The molecule has 0 saturated carbocycles. The second-order valence-corrected chi connectivity index (χ2v) is 6.20. The van der Waals surface area contributed by atoms with Gasteiger partial charge in [-0.15, -0.1) is 0 Å². The van der Waals surface area contributed by atoms with Crippen molar-refractivity contribution in [3.63, 3.8) is 0 Å². The van der Waals surface area contributed by atoms with E-state index >= 15 is 0 Å². The van der Waals surface area contributed by atoms with Gasteiger partial charge in [-0.25, -0.2) is 4.98 Å². The molecule has 11 nitrogen and oxygen atoms in total. The smallest absolute Gasteiger partial charge is 0.226 e. The van der Waals surface area contributed by atoms with E-state index in [0.29, 0.717) is 23.7 Å². The number of aromatic nitrogens is 4. The zero-order chi connectivity index (χ0) is 18.7. The zero-order valence-corrected chi connectivity index (χ0v) is 14.2. The molecule has 7 N–H and O–H groups in total. The fourth-order valence-corrected chi connectivity index (χ4v) is 2.93. The Morgan fingerprint density at radius 3 is 2.65 bits per heavy atom. The molecule has 0 aliphatic carbocycles. The first kappa shape index (κ1) is 18.7. The average molecular weight is 368 g/mol. The topological polar surface area (TPSA) is 172 Å². The Kier molecular flexibility index (Phi) is 5.84. The number of nitrogens with two attached hydrogens (primary N) is 1. The second kappa shape index (κ2) is 8.10. The Bertz CT molecular complexity index is 741. The van der Waals surface area contributed by atoms with Crippen molar-refractivity contribution < 1.29 is 25.2 Å². The number of hydrogen-bond acceptors (Lipinski definition) is 10. The highest BCUT2D eigenvalue weighted by Gasteiger charge is 2.44. The van der Waals surface area contributed by atoms with E-state index in [4.69, 9.17) is 15.6 Å². The minimum atomic E-state index is -1.24. The van der Waals surface area contributed by atoms with Gasteiger partial charge in [-0.05, 0) is 19.3 Å². The first-order valence-corrected chi connectivity index (χ1v) is 8.54. The Morgan fingerprint density at radius 2 is 1.96 bits per heavy atom. The lowest BCUT2D eigenvalue weighted by Crippen LogP contribution is -2.33. The number of hydrogen-bond donors (Lipinski definition) is 6. The van der Waals surface area contributed by atoms with Crippen LogP contribution in [-0.2, 0) is 4.74 Å². The summed E-state index contributed by atoms with van der Waals surface area (Å²) in [5.41, 5.74) is 6.65. The van der Waals surface area contributed by atoms with E-state index in [2.05, 4.69) is 20.3 Å². The number of anilines is 2. The van der Waals surface area contributed by atoms with Crippen LogP contribution < -0.4 is 11.1 Å². The average Bonchev–Trinajstić information content (AvgIpc) is 3.17. The van der Waals surface area contributed by atoms with Gasteiger partial charge in [0.05, 0.1) is 12.9 Å². The third-order valence-electron chi connectivity index (χ3n) is 4.36. The number of unbranched alkanes of at least 4 members (excludes halogenated alkanes) is 2. The first-order valence-electron chi connectivity index (χ1n) is 8.54. The minimum Gasteiger partial charge on any atom is -0.396 e. The third-order valence-corrected chi connectivity index (χ3v) is 4.36. The molecule has 26 heavy (non-hydrogen) atoms.